The van der Waals surface area contributed by atoms with Crippen molar-refractivity contribution in [3.8, 4) is 0 Å². The maximum absolute atomic E-state index is 13.6. The molecule has 13 heteroatoms. The van der Waals surface area contributed by atoms with Crippen molar-refractivity contribution in [2.45, 2.75) is 59.6 Å². The largest absolute Gasteiger partial charge is 0.481 e. The van der Waals surface area contributed by atoms with Crippen LogP contribution < -0.4 is 16.0 Å². The van der Waals surface area contributed by atoms with Crippen LogP contribution in [0.2, 0.25) is 0 Å². The molecule has 0 amide bonds. The summed E-state index contributed by atoms with van der Waals surface area (Å²) >= 11 is 0. The molecule has 8 bridgehead atoms. The van der Waals surface area contributed by atoms with Crippen LogP contribution in [0.1, 0.15) is 75.9 Å². The molecule has 3 aromatic heterocycles. The van der Waals surface area contributed by atoms with Gasteiger partial charge in [-0.05, 0) is 98.2 Å². The van der Waals surface area contributed by atoms with Crippen molar-refractivity contribution >= 4 is 48.3 Å². The first-order valence-electron chi connectivity index (χ1n) is 16.7. The Balaban J connectivity index is 1.73. The number of carboxylic acids is 2. The second-order valence-corrected chi connectivity index (χ2v) is 13.5. The molecule has 10 nitrogen and oxygen atoms in total. The van der Waals surface area contributed by atoms with E-state index in [1.165, 1.54) is 13.2 Å². The van der Waals surface area contributed by atoms with Crippen LogP contribution in [0.4, 0.5) is 13.2 Å². The number of carbonyl (C=O) groups excluding carboxylic acids is 1. The van der Waals surface area contributed by atoms with Crippen LogP contribution in [0.3, 0.4) is 0 Å². The number of nitrogens with one attached hydrogen (secondary N) is 4. The Morgan fingerprint density at radius 2 is 1.56 bits per heavy atom. The van der Waals surface area contributed by atoms with Crippen molar-refractivity contribution in [2.24, 2.45) is 11.3 Å². The molecule has 2 unspecified atom stereocenters. The Bertz CT molecular complexity index is 2310. The lowest BCUT2D eigenvalue weighted by atomic mass is 9.64. The van der Waals surface area contributed by atoms with Gasteiger partial charge in [0.25, 0.3) is 0 Å². The molecular formula is C39H39F3N4O6. The molecule has 3 aromatic rings. The Hall–Kier alpha value is -5.72. The number of fused-ring (bicyclic) bond motifs is 11. The van der Waals surface area contributed by atoms with E-state index in [0.29, 0.717) is 67.1 Å². The van der Waals surface area contributed by atoms with Gasteiger partial charge < -0.3 is 35.2 Å². The average molecular weight is 717 g/mol. The second-order valence-electron chi connectivity index (χ2n) is 13.5. The zero-order valence-corrected chi connectivity index (χ0v) is 29.3. The molecule has 0 radical (unpaired) electrons. The molecule has 52 heavy (non-hydrogen) atoms. The van der Waals surface area contributed by atoms with Gasteiger partial charge in [0.2, 0.25) is 0 Å². The minimum atomic E-state index is -4.43. The van der Waals surface area contributed by atoms with Crippen molar-refractivity contribution < 1.29 is 42.5 Å². The molecule has 6 N–H and O–H groups in total. The van der Waals surface area contributed by atoms with E-state index >= 15 is 0 Å². The van der Waals surface area contributed by atoms with Crippen molar-refractivity contribution in [1.82, 2.24) is 20.3 Å². The fraction of sp³-hybridized carbons (Fsp3) is 0.308. The van der Waals surface area contributed by atoms with Crippen LogP contribution in [0, 0.1) is 32.1 Å². The third kappa shape index (κ3) is 6.13. The Labute approximate surface area is 296 Å². The fourth-order valence-electron chi connectivity index (χ4n) is 7.68. The zero-order chi connectivity index (χ0) is 37.9. The summed E-state index contributed by atoms with van der Waals surface area (Å²) < 4.78 is 46.1. The van der Waals surface area contributed by atoms with Gasteiger partial charge in [-0.25, -0.2) is 4.79 Å². The molecule has 0 aromatic carbocycles. The highest BCUT2D eigenvalue weighted by molar-refractivity contribution is 5.97. The number of aliphatic carboxylic acids is 2. The molecule has 1 aliphatic carbocycles. The number of carbonyl (C=O) groups is 3. The van der Waals surface area contributed by atoms with E-state index in [-0.39, 0.29) is 24.8 Å². The Morgan fingerprint density at radius 1 is 0.885 bits per heavy atom. The van der Waals surface area contributed by atoms with E-state index in [1.807, 2.05) is 26.0 Å². The molecule has 3 aliphatic rings. The third-order valence-corrected chi connectivity index (χ3v) is 10.6. The van der Waals surface area contributed by atoms with Crippen molar-refractivity contribution in [1.29, 1.82) is 0 Å². The maximum atomic E-state index is 13.6. The maximum Gasteiger partial charge on any atom is 0.389 e. The molecule has 272 valence electrons. The summed E-state index contributed by atoms with van der Waals surface area (Å²) in [6, 6.07) is 0. The number of halogens is 3. The summed E-state index contributed by atoms with van der Waals surface area (Å²) in [4.78, 5) is 47.8. The van der Waals surface area contributed by atoms with Crippen LogP contribution in [0.5, 0.6) is 0 Å². The number of carboxylic acid groups (broad SMARTS) is 2. The molecule has 0 spiro atoms. The molecular weight excluding hydrogens is 677 g/mol. The highest BCUT2D eigenvalue weighted by Gasteiger charge is 2.55. The zero-order valence-electron chi connectivity index (χ0n) is 29.3. The van der Waals surface area contributed by atoms with E-state index in [4.69, 9.17) is 4.74 Å². The van der Waals surface area contributed by atoms with Gasteiger partial charge in [-0.2, -0.15) is 13.2 Å². The highest BCUT2D eigenvalue weighted by atomic mass is 19.4. The van der Waals surface area contributed by atoms with Gasteiger partial charge in [-0.1, -0.05) is 24.8 Å². The molecule has 5 heterocycles. The molecule has 0 saturated carbocycles. The first-order chi connectivity index (χ1) is 24.5. The second kappa shape index (κ2) is 13.1. The molecule has 2 atom stereocenters. The topological polar surface area (TPSA) is 160 Å². The number of hydrogen-bond donors (Lipinski definition) is 6. The van der Waals surface area contributed by atoms with Crippen LogP contribution in [0.15, 0.2) is 41.3 Å². The van der Waals surface area contributed by atoms with Gasteiger partial charge >= 0.3 is 24.1 Å². The summed E-state index contributed by atoms with van der Waals surface area (Å²) in [7, 11) is 1.19. The fourth-order valence-corrected chi connectivity index (χ4v) is 7.68. The van der Waals surface area contributed by atoms with E-state index in [2.05, 4.69) is 26.8 Å². The smallest absolute Gasteiger partial charge is 0.389 e. The number of rotatable bonds is 8. The number of hydrogen-bond acceptors (Lipinski definition) is 5. The molecule has 1 saturated heterocycles. The normalized spacial score (nSPS) is 19.2. The predicted octanol–water partition coefficient (Wildman–Crippen LogP) is 5.45. The lowest BCUT2D eigenvalue weighted by Crippen LogP contribution is -2.40. The molecule has 1 fully saturated rings. The number of aromatic nitrogens is 3. The monoisotopic (exact) mass is 716 g/mol. The summed E-state index contributed by atoms with van der Waals surface area (Å²) in [6.45, 7) is 11.3. The number of methoxy groups -OCH3 is 1. The first kappa shape index (κ1) is 36.1. The van der Waals surface area contributed by atoms with Gasteiger partial charge in [0.1, 0.15) is 5.92 Å². The number of ether oxygens (including phenoxy) is 1. The summed E-state index contributed by atoms with van der Waals surface area (Å²) in [5, 5.41) is 24.4. The van der Waals surface area contributed by atoms with Crippen molar-refractivity contribution in [3.63, 3.8) is 0 Å². The van der Waals surface area contributed by atoms with Crippen LogP contribution >= 0.6 is 0 Å². The lowest BCUT2D eigenvalue weighted by Gasteiger charge is -2.36. The molecule has 6 rings (SSSR count). The Kier molecular flexibility index (Phi) is 9.10. The quantitative estimate of drug-likeness (QED) is 0.169. The number of esters is 1. The summed E-state index contributed by atoms with van der Waals surface area (Å²) in [5.41, 5.74) is 6.49. The average Bonchev–Trinajstić information content (AvgIpc) is 3.72. The van der Waals surface area contributed by atoms with Crippen LogP contribution in [-0.2, 0) is 32.0 Å². The van der Waals surface area contributed by atoms with Crippen LogP contribution in [-0.4, -0.2) is 56.4 Å². The van der Waals surface area contributed by atoms with Gasteiger partial charge in [0.05, 0.1) is 18.1 Å². The predicted molar refractivity (Wildman–Crippen MR) is 190 cm³/mol. The minimum Gasteiger partial charge on any atom is -0.481 e. The van der Waals surface area contributed by atoms with Crippen LogP contribution in [0.25, 0.3) is 30.4 Å². The third-order valence-electron chi connectivity index (χ3n) is 10.6. The standard InChI is InChI=1S/C39H39F3N4O6/c1-7-21-18(2)27-15-32-25-10-8-24(36(49)50)35(37(51)52-6)38(25,5)33(46-32)17-28-20(4)23(12-13-39(40,41)42)31(45-28)16-30-22(9-11-34(47)48)19(3)26(44-30)14-29(21)43-27/h7-8,10,14-17,35,43-46H,1,9,11-13H2,2-6H3,(H,47,48)(H,49,50). The number of H-pyrrole nitrogens is 3. The number of alkyl halides is 3. The van der Waals surface area contributed by atoms with Crippen molar-refractivity contribution in [2.75, 3.05) is 7.11 Å². The highest BCUT2D eigenvalue weighted by Crippen LogP contribution is 2.55. The van der Waals surface area contributed by atoms with Gasteiger partial charge in [-0.3, -0.25) is 9.59 Å². The van der Waals surface area contributed by atoms with E-state index in [1.54, 1.807) is 38.2 Å². The van der Waals surface area contributed by atoms with Crippen molar-refractivity contribution in [3.05, 3.63) is 108 Å². The van der Waals surface area contributed by atoms with Gasteiger partial charge in [0.15, 0.2) is 0 Å². The summed E-state index contributed by atoms with van der Waals surface area (Å²) in [5.74, 6) is -4.32. The minimum absolute atomic E-state index is 0.160. The lowest BCUT2D eigenvalue weighted by molar-refractivity contribution is -0.149. The van der Waals surface area contributed by atoms with E-state index < -0.39 is 41.8 Å². The summed E-state index contributed by atoms with van der Waals surface area (Å²) in [6.07, 6.45) is 6.10. The molecule has 2 aliphatic heterocycles. The van der Waals surface area contributed by atoms with E-state index in [0.717, 1.165) is 16.7 Å². The van der Waals surface area contributed by atoms with Gasteiger partial charge in [0, 0.05) is 63.3 Å². The number of aromatic amines is 3. The van der Waals surface area contributed by atoms with Gasteiger partial charge in [-0.15, -0.1) is 0 Å². The Morgan fingerprint density at radius 3 is 2.19 bits per heavy atom. The SMILES string of the molecule is C=Cc1c2[nH]c(c1C)C=C1NC(=Cc3[nH]c(c(CCC(F)(F)F)c3C)C=c3[nH]c(c(C)c3CCC(=O)O)=C2)C2(C)C1=CC=C(C(=O)O)C2C(=O)OC. The number of allylic oxidation sites excluding steroid dienone is 4. The van der Waals surface area contributed by atoms with E-state index in [9.17, 15) is 37.8 Å². The first-order valence-corrected chi connectivity index (χ1v) is 16.7.